The van der Waals surface area contributed by atoms with Crippen LogP contribution in [-0.4, -0.2) is 16.1 Å². The third-order valence-corrected chi connectivity index (χ3v) is 3.87. The van der Waals surface area contributed by atoms with Crippen LogP contribution in [0.15, 0.2) is 0 Å². The van der Waals surface area contributed by atoms with Gasteiger partial charge in [0, 0.05) is 0 Å². The average Bonchev–Trinajstić information content (AvgIpc) is 2.22. The van der Waals surface area contributed by atoms with Gasteiger partial charge in [-0.1, -0.05) is 20.8 Å². The lowest BCUT2D eigenvalue weighted by Gasteiger charge is -2.38. The zero-order valence-electron chi connectivity index (χ0n) is 12.0. The highest BCUT2D eigenvalue weighted by Gasteiger charge is 2.33. The fourth-order valence-electron chi connectivity index (χ4n) is 3.12. The van der Waals surface area contributed by atoms with E-state index in [1.165, 1.54) is 6.42 Å². The number of nitrogens with two attached hydrogens (primary N) is 1. The third-order valence-electron chi connectivity index (χ3n) is 3.70. The van der Waals surface area contributed by atoms with Gasteiger partial charge in [0.25, 0.3) is 0 Å². The summed E-state index contributed by atoms with van der Waals surface area (Å²) in [7, 11) is 0. The Morgan fingerprint density at radius 2 is 2.00 bits per heavy atom. The lowest BCUT2D eigenvalue weighted by Crippen LogP contribution is -2.34. The molecule has 4 nitrogen and oxygen atoms in total. The summed E-state index contributed by atoms with van der Waals surface area (Å²) >= 11 is 5.87. The molecule has 1 aromatic rings. The lowest BCUT2D eigenvalue weighted by molar-refractivity contribution is 0.0537. The summed E-state index contributed by atoms with van der Waals surface area (Å²) < 4.78 is 5.99. The normalized spacial score (nSPS) is 26.2. The van der Waals surface area contributed by atoms with Crippen LogP contribution in [0.2, 0.25) is 5.28 Å². The molecule has 2 rings (SSSR count). The molecule has 0 radical (unpaired) electrons. The highest BCUT2D eigenvalue weighted by atomic mass is 35.5. The zero-order chi connectivity index (χ0) is 14.2. The number of ether oxygens (including phenoxy) is 1. The summed E-state index contributed by atoms with van der Waals surface area (Å²) in [6.07, 6.45) is 3.42. The molecule has 0 spiro atoms. The first-order chi connectivity index (χ1) is 8.77. The summed E-state index contributed by atoms with van der Waals surface area (Å²) in [5.74, 6) is 1.07. The first kappa shape index (κ1) is 14.4. The molecule has 19 heavy (non-hydrogen) atoms. The monoisotopic (exact) mass is 283 g/mol. The van der Waals surface area contributed by atoms with Crippen LogP contribution in [0.1, 0.15) is 45.7 Å². The fraction of sp³-hybridized carbons (Fsp3) is 0.714. The molecule has 2 unspecified atom stereocenters. The molecule has 1 aliphatic carbocycles. The maximum absolute atomic E-state index is 5.99. The Morgan fingerprint density at radius 3 is 2.63 bits per heavy atom. The number of nitrogens with zero attached hydrogens (tertiary/aromatic N) is 2. The Kier molecular flexibility index (Phi) is 3.90. The predicted molar refractivity (Wildman–Crippen MR) is 77.4 cm³/mol. The Bertz CT molecular complexity index is 476. The zero-order valence-corrected chi connectivity index (χ0v) is 12.8. The second kappa shape index (κ2) is 5.16. The summed E-state index contributed by atoms with van der Waals surface area (Å²) in [6.45, 7) is 8.63. The Labute approximate surface area is 119 Å². The number of aromatic nitrogens is 2. The molecule has 5 heteroatoms. The number of halogens is 1. The third kappa shape index (κ3) is 3.50. The Morgan fingerprint density at radius 1 is 1.32 bits per heavy atom. The molecule has 2 atom stereocenters. The van der Waals surface area contributed by atoms with Crippen molar-refractivity contribution < 1.29 is 4.74 Å². The van der Waals surface area contributed by atoms with E-state index in [9.17, 15) is 0 Å². The van der Waals surface area contributed by atoms with Crippen molar-refractivity contribution in [2.75, 3.05) is 5.73 Å². The molecule has 1 fully saturated rings. The summed E-state index contributed by atoms with van der Waals surface area (Å²) in [6, 6.07) is 0. The number of aryl methyl sites for hydroxylation is 1. The van der Waals surface area contributed by atoms with Crippen molar-refractivity contribution in [3.05, 3.63) is 11.0 Å². The van der Waals surface area contributed by atoms with E-state index >= 15 is 0 Å². The van der Waals surface area contributed by atoms with E-state index in [0.29, 0.717) is 28.6 Å². The highest BCUT2D eigenvalue weighted by molar-refractivity contribution is 6.28. The van der Waals surface area contributed by atoms with Crippen LogP contribution in [0.3, 0.4) is 0 Å². The minimum atomic E-state index is 0.145. The van der Waals surface area contributed by atoms with E-state index in [0.717, 1.165) is 12.8 Å². The van der Waals surface area contributed by atoms with E-state index in [4.69, 9.17) is 22.1 Å². The molecule has 0 saturated heterocycles. The molecule has 0 aromatic carbocycles. The first-order valence-corrected chi connectivity index (χ1v) is 7.11. The van der Waals surface area contributed by atoms with Gasteiger partial charge in [-0.2, -0.15) is 4.98 Å². The fourth-order valence-corrected chi connectivity index (χ4v) is 3.32. The number of nitrogen functional groups attached to an aromatic ring is 1. The second-order valence-corrected chi connectivity index (χ2v) is 6.79. The van der Waals surface area contributed by atoms with Crippen molar-refractivity contribution in [3.63, 3.8) is 0 Å². The van der Waals surface area contributed by atoms with Gasteiger partial charge in [-0.25, -0.2) is 4.98 Å². The van der Waals surface area contributed by atoms with Crippen LogP contribution in [0.4, 0.5) is 5.69 Å². The standard InChI is InChI=1S/C14H22ClN3O/c1-8-5-10(7-14(3,4)6-8)19-12-11(16)9(2)17-13(15)18-12/h8,10H,5-7,16H2,1-4H3. The summed E-state index contributed by atoms with van der Waals surface area (Å²) in [5, 5.41) is 0.185. The number of hydrogen-bond acceptors (Lipinski definition) is 4. The maximum atomic E-state index is 5.99. The largest absolute Gasteiger partial charge is 0.473 e. The quantitative estimate of drug-likeness (QED) is 0.842. The van der Waals surface area contributed by atoms with Crippen LogP contribution in [0.5, 0.6) is 5.88 Å². The van der Waals surface area contributed by atoms with E-state index in [-0.39, 0.29) is 11.4 Å². The molecular weight excluding hydrogens is 262 g/mol. The molecule has 0 amide bonds. The van der Waals surface area contributed by atoms with E-state index in [1.54, 1.807) is 0 Å². The topological polar surface area (TPSA) is 61.0 Å². The summed E-state index contributed by atoms with van der Waals surface area (Å²) in [5.41, 5.74) is 7.41. The molecule has 1 saturated carbocycles. The Hall–Kier alpha value is -1.03. The number of hydrogen-bond donors (Lipinski definition) is 1. The van der Waals surface area contributed by atoms with Crippen molar-refractivity contribution in [2.45, 2.75) is 53.1 Å². The van der Waals surface area contributed by atoms with Gasteiger partial charge in [0.05, 0.1) is 5.69 Å². The Balaban J connectivity index is 2.17. The first-order valence-electron chi connectivity index (χ1n) is 6.73. The summed E-state index contributed by atoms with van der Waals surface area (Å²) in [4.78, 5) is 8.13. The van der Waals surface area contributed by atoms with Gasteiger partial charge in [0.2, 0.25) is 11.2 Å². The van der Waals surface area contributed by atoms with Gasteiger partial charge < -0.3 is 10.5 Å². The smallest absolute Gasteiger partial charge is 0.242 e. The van der Waals surface area contributed by atoms with Gasteiger partial charge in [-0.05, 0) is 49.1 Å². The van der Waals surface area contributed by atoms with Gasteiger partial charge in [0.15, 0.2) is 0 Å². The maximum Gasteiger partial charge on any atom is 0.242 e. The van der Waals surface area contributed by atoms with Crippen molar-refractivity contribution in [3.8, 4) is 5.88 Å². The van der Waals surface area contributed by atoms with Gasteiger partial charge >= 0.3 is 0 Å². The van der Waals surface area contributed by atoms with Crippen LogP contribution in [0.25, 0.3) is 0 Å². The number of anilines is 1. The van der Waals surface area contributed by atoms with Crippen molar-refractivity contribution in [2.24, 2.45) is 11.3 Å². The molecule has 1 heterocycles. The molecular formula is C14H22ClN3O. The van der Waals surface area contributed by atoms with Crippen molar-refractivity contribution in [1.82, 2.24) is 9.97 Å². The van der Waals surface area contributed by atoms with E-state index in [2.05, 4.69) is 30.7 Å². The SMILES string of the molecule is Cc1nc(Cl)nc(OC2CC(C)CC(C)(C)C2)c1N. The minimum Gasteiger partial charge on any atom is -0.473 e. The lowest BCUT2D eigenvalue weighted by atomic mass is 9.71. The van der Waals surface area contributed by atoms with Crippen LogP contribution < -0.4 is 10.5 Å². The van der Waals surface area contributed by atoms with E-state index in [1.807, 2.05) is 6.92 Å². The van der Waals surface area contributed by atoms with Gasteiger partial charge in [-0.3, -0.25) is 0 Å². The van der Waals surface area contributed by atoms with Crippen LogP contribution in [0, 0.1) is 18.3 Å². The number of rotatable bonds is 2. The molecule has 0 bridgehead atoms. The predicted octanol–water partition coefficient (Wildman–Crippen LogP) is 3.61. The van der Waals surface area contributed by atoms with Crippen LogP contribution >= 0.6 is 11.6 Å². The molecule has 2 N–H and O–H groups in total. The molecule has 106 valence electrons. The van der Waals surface area contributed by atoms with E-state index < -0.39 is 0 Å². The van der Waals surface area contributed by atoms with Gasteiger partial charge in [0.1, 0.15) is 11.8 Å². The molecule has 1 aromatic heterocycles. The molecule has 0 aliphatic heterocycles. The van der Waals surface area contributed by atoms with Crippen molar-refractivity contribution in [1.29, 1.82) is 0 Å². The second-order valence-electron chi connectivity index (χ2n) is 6.45. The highest BCUT2D eigenvalue weighted by Crippen LogP contribution is 2.40. The minimum absolute atomic E-state index is 0.145. The van der Waals surface area contributed by atoms with Crippen molar-refractivity contribution >= 4 is 17.3 Å². The average molecular weight is 284 g/mol. The van der Waals surface area contributed by atoms with Gasteiger partial charge in [-0.15, -0.1) is 0 Å². The molecule has 1 aliphatic rings. The van der Waals surface area contributed by atoms with Crippen LogP contribution in [-0.2, 0) is 0 Å².